The highest BCUT2D eigenvalue weighted by molar-refractivity contribution is 9.10. The molecule has 2 heterocycles. The third kappa shape index (κ3) is 2.41. The van der Waals surface area contributed by atoms with Gasteiger partial charge in [0.25, 0.3) is 0 Å². The number of fused-ring (bicyclic) bond motifs is 1. The molecule has 0 N–H and O–H groups in total. The third-order valence-electron chi connectivity index (χ3n) is 3.39. The number of thioether (sulfide) groups is 1. The first-order chi connectivity index (χ1) is 9.08. The quantitative estimate of drug-likeness (QED) is 0.705. The van der Waals surface area contributed by atoms with Gasteiger partial charge in [0.15, 0.2) is 0 Å². The van der Waals surface area contributed by atoms with E-state index in [2.05, 4.69) is 25.5 Å². The average Bonchev–Trinajstić information content (AvgIpc) is 2.96. The normalized spacial score (nSPS) is 21.2. The highest BCUT2D eigenvalue weighted by atomic mass is 79.9. The monoisotopic (exact) mass is 362 g/mol. The average molecular weight is 364 g/mol. The second kappa shape index (κ2) is 5.26. The van der Waals surface area contributed by atoms with Crippen LogP contribution in [-0.2, 0) is 0 Å². The van der Waals surface area contributed by atoms with E-state index in [1.165, 1.54) is 0 Å². The summed E-state index contributed by atoms with van der Waals surface area (Å²) in [7, 11) is 0. The number of aromatic nitrogens is 2. The molecule has 2 aromatic rings. The molecule has 2 nitrogen and oxygen atoms in total. The van der Waals surface area contributed by atoms with Crippen molar-refractivity contribution in [3.05, 3.63) is 28.2 Å². The topological polar surface area (TPSA) is 17.8 Å². The lowest BCUT2D eigenvalue weighted by Gasteiger charge is -2.16. The Bertz CT molecular complexity index is 623. The van der Waals surface area contributed by atoms with Crippen LogP contribution in [0.5, 0.6) is 0 Å². The summed E-state index contributed by atoms with van der Waals surface area (Å²) in [4.78, 5) is 4.58. The van der Waals surface area contributed by atoms with Gasteiger partial charge in [0.1, 0.15) is 11.6 Å². The van der Waals surface area contributed by atoms with Gasteiger partial charge in [-0.2, -0.15) is 11.8 Å². The molecule has 19 heavy (non-hydrogen) atoms. The molecule has 3 rings (SSSR count). The Morgan fingerprint density at radius 3 is 3.00 bits per heavy atom. The third-order valence-corrected chi connectivity index (χ3v) is 5.33. The minimum Gasteiger partial charge on any atom is -0.323 e. The van der Waals surface area contributed by atoms with Gasteiger partial charge < -0.3 is 4.57 Å². The molecule has 6 heteroatoms. The molecule has 1 aromatic carbocycles. The van der Waals surface area contributed by atoms with Gasteiger partial charge in [0, 0.05) is 17.9 Å². The van der Waals surface area contributed by atoms with E-state index in [9.17, 15) is 4.39 Å². The summed E-state index contributed by atoms with van der Waals surface area (Å²) in [6, 6.07) is 3.65. The highest BCUT2D eigenvalue weighted by Gasteiger charge is 2.25. The lowest BCUT2D eigenvalue weighted by atomic mass is 10.2. The number of imidazole rings is 1. The van der Waals surface area contributed by atoms with E-state index in [4.69, 9.17) is 11.6 Å². The van der Waals surface area contributed by atoms with E-state index in [1.54, 1.807) is 12.1 Å². The minimum absolute atomic E-state index is 0.181. The molecule has 0 saturated carbocycles. The fourth-order valence-corrected chi connectivity index (χ4v) is 4.18. The van der Waals surface area contributed by atoms with Crippen LogP contribution in [0.2, 0.25) is 0 Å². The van der Waals surface area contributed by atoms with Crippen molar-refractivity contribution in [2.24, 2.45) is 0 Å². The zero-order valence-electron chi connectivity index (χ0n) is 10.4. The maximum atomic E-state index is 13.8. The molecule has 1 aliphatic heterocycles. The van der Waals surface area contributed by atoms with E-state index in [-0.39, 0.29) is 11.2 Å². The predicted molar refractivity (Wildman–Crippen MR) is 82.6 cm³/mol. The molecular weight excluding hydrogens is 351 g/mol. The summed E-state index contributed by atoms with van der Waals surface area (Å²) in [6.45, 7) is 1.91. The lowest BCUT2D eigenvalue weighted by molar-refractivity contribution is 0.547. The molecule has 0 aliphatic carbocycles. The van der Waals surface area contributed by atoms with Gasteiger partial charge in [-0.3, -0.25) is 0 Å². The van der Waals surface area contributed by atoms with Crippen LogP contribution < -0.4 is 0 Å². The van der Waals surface area contributed by atoms with Crippen molar-refractivity contribution in [3.63, 3.8) is 0 Å². The van der Waals surface area contributed by atoms with Crippen LogP contribution in [0.1, 0.15) is 30.6 Å². The number of benzene rings is 1. The fraction of sp³-hybridized carbons (Fsp3) is 0.462. The van der Waals surface area contributed by atoms with E-state index >= 15 is 0 Å². The molecule has 1 aliphatic rings. The van der Waals surface area contributed by atoms with Crippen LogP contribution in [0.15, 0.2) is 16.6 Å². The van der Waals surface area contributed by atoms with E-state index in [0.717, 1.165) is 34.8 Å². The summed E-state index contributed by atoms with van der Waals surface area (Å²) in [5.74, 6) is 2.76. The van der Waals surface area contributed by atoms with Gasteiger partial charge in [0.2, 0.25) is 0 Å². The van der Waals surface area contributed by atoms with Crippen molar-refractivity contribution in [2.75, 3.05) is 11.5 Å². The highest BCUT2D eigenvalue weighted by Crippen LogP contribution is 2.36. The van der Waals surface area contributed by atoms with Gasteiger partial charge in [-0.05, 0) is 41.1 Å². The van der Waals surface area contributed by atoms with Crippen molar-refractivity contribution >= 4 is 50.3 Å². The number of nitrogens with zero attached hydrogens (tertiary/aromatic N) is 2. The summed E-state index contributed by atoms with van der Waals surface area (Å²) in [5, 5.41) is -0.181. The predicted octanol–water partition coefficient (Wildman–Crippen LogP) is 4.92. The number of alkyl halides is 1. The van der Waals surface area contributed by atoms with Crippen LogP contribution in [0.3, 0.4) is 0 Å². The molecule has 0 radical (unpaired) electrons. The SMILES string of the molecule is CC(Cl)c1nc2cc(Br)c(F)cc2n1C1CCSC1. The van der Waals surface area contributed by atoms with Gasteiger partial charge in [-0.25, -0.2) is 9.37 Å². The first kappa shape index (κ1) is 13.7. The number of hydrogen-bond donors (Lipinski definition) is 0. The maximum absolute atomic E-state index is 13.8. The lowest BCUT2D eigenvalue weighted by Crippen LogP contribution is -2.12. The first-order valence-electron chi connectivity index (χ1n) is 6.16. The molecule has 2 unspecified atom stereocenters. The van der Waals surface area contributed by atoms with Crippen molar-refractivity contribution in [3.8, 4) is 0 Å². The van der Waals surface area contributed by atoms with Crippen molar-refractivity contribution in [2.45, 2.75) is 24.8 Å². The smallest absolute Gasteiger partial charge is 0.139 e. The molecular formula is C13H13BrClFN2S. The van der Waals surface area contributed by atoms with Crippen LogP contribution in [0.25, 0.3) is 11.0 Å². The first-order valence-corrected chi connectivity index (χ1v) is 8.55. The van der Waals surface area contributed by atoms with E-state index in [1.807, 2.05) is 18.7 Å². The van der Waals surface area contributed by atoms with Gasteiger partial charge in [-0.15, -0.1) is 11.6 Å². The number of rotatable bonds is 2. The van der Waals surface area contributed by atoms with Crippen LogP contribution in [-0.4, -0.2) is 21.1 Å². The second-order valence-corrected chi connectivity index (χ2v) is 7.39. The Balaban J connectivity index is 2.25. The van der Waals surface area contributed by atoms with Crippen LogP contribution in [0, 0.1) is 5.82 Å². The second-order valence-electron chi connectivity index (χ2n) is 4.73. The van der Waals surface area contributed by atoms with Gasteiger partial charge in [-0.1, -0.05) is 0 Å². The summed E-state index contributed by atoms with van der Waals surface area (Å²) in [6.07, 6.45) is 1.09. The molecule has 1 fully saturated rings. The largest absolute Gasteiger partial charge is 0.323 e. The summed E-state index contributed by atoms with van der Waals surface area (Å²) >= 11 is 11.4. The molecule has 0 bridgehead atoms. The van der Waals surface area contributed by atoms with Gasteiger partial charge >= 0.3 is 0 Å². The Morgan fingerprint density at radius 2 is 2.37 bits per heavy atom. The molecule has 2 atom stereocenters. The molecule has 1 aromatic heterocycles. The molecule has 0 spiro atoms. The summed E-state index contributed by atoms with van der Waals surface area (Å²) < 4.78 is 16.4. The minimum atomic E-state index is -0.256. The van der Waals surface area contributed by atoms with Gasteiger partial charge in [0.05, 0.1) is 20.9 Å². The van der Waals surface area contributed by atoms with Crippen LogP contribution in [0.4, 0.5) is 4.39 Å². The zero-order valence-corrected chi connectivity index (χ0v) is 13.5. The number of halogens is 3. The van der Waals surface area contributed by atoms with Crippen molar-refractivity contribution < 1.29 is 4.39 Å². The number of hydrogen-bond acceptors (Lipinski definition) is 2. The zero-order chi connectivity index (χ0) is 13.6. The maximum Gasteiger partial charge on any atom is 0.139 e. The Morgan fingerprint density at radius 1 is 1.58 bits per heavy atom. The molecule has 0 amide bonds. The van der Waals surface area contributed by atoms with Crippen LogP contribution >= 0.6 is 39.3 Å². The molecule has 1 saturated heterocycles. The Hall–Kier alpha value is -0.260. The Kier molecular flexibility index (Phi) is 3.80. The van der Waals surface area contributed by atoms with Crippen molar-refractivity contribution in [1.29, 1.82) is 0 Å². The van der Waals surface area contributed by atoms with E-state index < -0.39 is 0 Å². The summed E-state index contributed by atoms with van der Waals surface area (Å²) in [5.41, 5.74) is 1.64. The van der Waals surface area contributed by atoms with E-state index in [0.29, 0.717) is 10.5 Å². The van der Waals surface area contributed by atoms with Crippen molar-refractivity contribution in [1.82, 2.24) is 9.55 Å². The Labute approximate surface area is 128 Å². The molecule has 102 valence electrons. The standard InChI is InChI=1S/C13H13BrClFN2S/c1-7(15)13-17-11-4-9(14)10(16)5-12(11)18(13)8-2-3-19-6-8/h4-5,7-8H,2-3,6H2,1H3. The fourth-order valence-electron chi connectivity index (χ4n) is 2.50.